The van der Waals surface area contributed by atoms with E-state index >= 15 is 0 Å². The molecule has 0 aromatic rings. The van der Waals surface area contributed by atoms with Gasteiger partial charge in [-0.3, -0.25) is 14.4 Å². The van der Waals surface area contributed by atoms with Crippen LogP contribution in [-0.2, 0) is 19.1 Å². The van der Waals surface area contributed by atoms with Gasteiger partial charge in [0, 0.05) is 76.1 Å². The summed E-state index contributed by atoms with van der Waals surface area (Å²) in [6.45, 7) is 0.566. The maximum Gasteiger partial charge on any atom is 0.190 e. The van der Waals surface area contributed by atoms with Crippen molar-refractivity contribution in [2.75, 3.05) is 68.9 Å². The summed E-state index contributed by atoms with van der Waals surface area (Å²) in [7, 11) is 0. The molecule has 0 aromatic carbocycles. The van der Waals surface area contributed by atoms with Gasteiger partial charge in [-0.05, 0) is 12.2 Å². The first-order valence-electron chi connectivity index (χ1n) is 10.7. The van der Waals surface area contributed by atoms with E-state index in [-0.39, 0.29) is 27.2 Å². The third-order valence-corrected chi connectivity index (χ3v) is 11.7. The van der Waals surface area contributed by atoms with Crippen LogP contribution in [0, 0.1) is 0 Å². The van der Waals surface area contributed by atoms with Crippen molar-refractivity contribution in [2.24, 2.45) is 0 Å². The minimum absolute atomic E-state index is 0.0358. The highest BCUT2D eigenvalue weighted by atomic mass is 32.2. The number of hydrogen-bond donors (Lipinski definition) is 2. The summed E-state index contributed by atoms with van der Waals surface area (Å²) in [6, 6.07) is 0. The van der Waals surface area contributed by atoms with Crippen LogP contribution in [-0.4, -0.2) is 99.5 Å². The predicted molar refractivity (Wildman–Crippen MR) is 171 cm³/mol. The summed E-state index contributed by atoms with van der Waals surface area (Å²) in [5.74, 6) is 5.66. The molecule has 0 fully saturated rings. The van der Waals surface area contributed by atoms with Crippen molar-refractivity contribution < 1.29 is 29.3 Å². The van der Waals surface area contributed by atoms with Crippen LogP contribution in [0.25, 0.3) is 0 Å². The van der Waals surface area contributed by atoms with Gasteiger partial charge in [-0.15, -0.1) is 23.5 Å². The highest BCUT2D eigenvalue weighted by Gasteiger charge is 2.06. The number of rotatable bonds is 24. The van der Waals surface area contributed by atoms with Gasteiger partial charge in [-0.2, -0.15) is 35.3 Å². The topological polar surface area (TPSA) is 101 Å². The van der Waals surface area contributed by atoms with Crippen molar-refractivity contribution in [2.45, 2.75) is 25.7 Å². The van der Waals surface area contributed by atoms with Crippen molar-refractivity contribution in [3.05, 3.63) is 0 Å². The number of carbonyl (C=O) groups excluding carboxylic acids is 3. The lowest BCUT2D eigenvalue weighted by molar-refractivity contribution is -0.111. The largest absolute Gasteiger partial charge is 0.486 e. The number of aliphatic hydroxyl groups is 2. The van der Waals surface area contributed by atoms with Gasteiger partial charge in [0.25, 0.3) is 0 Å². The van der Waals surface area contributed by atoms with E-state index in [1.165, 1.54) is 58.8 Å². The van der Waals surface area contributed by atoms with Crippen LogP contribution >= 0.6 is 106 Å². The SMILES string of the molecule is O=C(CCSCCC(=O)SCSCO)SCCSCCOC(=S)CCSCCC(=O)SCSCO. The Morgan fingerprint density at radius 1 is 0.571 bits per heavy atom. The Morgan fingerprint density at radius 3 is 1.54 bits per heavy atom. The Hall–Kier alpha value is 1.62. The van der Waals surface area contributed by atoms with E-state index in [1.54, 1.807) is 35.3 Å². The van der Waals surface area contributed by atoms with Crippen molar-refractivity contribution >= 4 is 127 Å². The first-order valence-corrected chi connectivity index (χ1v) is 19.9. The van der Waals surface area contributed by atoms with Crippen molar-refractivity contribution in [1.29, 1.82) is 0 Å². The quantitative estimate of drug-likeness (QED) is 0.0812. The summed E-state index contributed by atoms with van der Waals surface area (Å²) >= 11 is 16.8. The van der Waals surface area contributed by atoms with Crippen LogP contribution in [0.2, 0.25) is 0 Å². The third-order valence-electron chi connectivity index (χ3n) is 3.57. The fraction of sp³-hybridized carbons (Fsp3) is 0.800. The molecular formula is C20H34O6S9. The number of hydrogen-bond acceptors (Lipinski definition) is 15. The fourth-order valence-electron chi connectivity index (χ4n) is 1.94. The molecule has 0 atom stereocenters. The Labute approximate surface area is 248 Å². The molecule has 0 saturated heterocycles. The first kappa shape index (κ1) is 36.6. The summed E-state index contributed by atoms with van der Waals surface area (Å²) in [5.41, 5.74) is 0. The molecule has 0 radical (unpaired) electrons. The highest BCUT2D eigenvalue weighted by molar-refractivity contribution is 8.24. The van der Waals surface area contributed by atoms with Gasteiger partial charge in [0.15, 0.2) is 20.4 Å². The lowest BCUT2D eigenvalue weighted by Crippen LogP contribution is -2.07. The average Bonchev–Trinajstić information content (AvgIpc) is 2.83. The molecule has 204 valence electrons. The zero-order chi connectivity index (χ0) is 26.0. The van der Waals surface area contributed by atoms with Gasteiger partial charge < -0.3 is 14.9 Å². The van der Waals surface area contributed by atoms with E-state index in [9.17, 15) is 14.4 Å². The molecule has 0 rings (SSSR count). The van der Waals surface area contributed by atoms with Crippen LogP contribution in [0.5, 0.6) is 0 Å². The second-order valence-corrected chi connectivity index (χ2v) is 16.2. The van der Waals surface area contributed by atoms with E-state index < -0.39 is 0 Å². The highest BCUT2D eigenvalue weighted by Crippen LogP contribution is 2.18. The lowest BCUT2D eigenvalue weighted by atomic mass is 10.5. The van der Waals surface area contributed by atoms with Gasteiger partial charge in [0.2, 0.25) is 0 Å². The van der Waals surface area contributed by atoms with E-state index in [0.717, 1.165) is 40.3 Å². The monoisotopic (exact) mass is 658 g/mol. The van der Waals surface area contributed by atoms with Crippen LogP contribution < -0.4 is 0 Å². The molecule has 0 aliphatic carbocycles. The van der Waals surface area contributed by atoms with Crippen LogP contribution in [0.15, 0.2) is 0 Å². The van der Waals surface area contributed by atoms with Crippen LogP contribution in [0.4, 0.5) is 0 Å². The normalized spacial score (nSPS) is 10.9. The third kappa shape index (κ3) is 28.4. The number of aliphatic hydroxyl groups excluding tert-OH is 2. The molecule has 0 heterocycles. The molecule has 15 heteroatoms. The minimum Gasteiger partial charge on any atom is -0.486 e. The zero-order valence-corrected chi connectivity index (χ0v) is 26.9. The van der Waals surface area contributed by atoms with Gasteiger partial charge in [0.05, 0.1) is 18.5 Å². The Kier molecular flexibility index (Phi) is 29.9. The number of thioether (sulfide) groups is 8. The summed E-state index contributed by atoms with van der Waals surface area (Å²) in [5, 5.41) is 19.6. The second-order valence-electron chi connectivity index (χ2n) is 6.21. The molecule has 0 aromatic heterocycles. The van der Waals surface area contributed by atoms with E-state index in [2.05, 4.69) is 0 Å². The standard InChI is InChI=1S/C20H34O6S9/c21-13-31-15-34-18(24)2-7-28-6-1-17(23)33-12-11-30-10-5-26-20(27)4-9-29-8-3-19(25)35-16-32-14-22/h21-22H,1-16H2. The van der Waals surface area contributed by atoms with Crippen LogP contribution in [0.1, 0.15) is 25.7 Å². The maximum absolute atomic E-state index is 11.9. The van der Waals surface area contributed by atoms with Crippen molar-refractivity contribution in [3.63, 3.8) is 0 Å². The van der Waals surface area contributed by atoms with Gasteiger partial charge in [-0.25, -0.2) is 0 Å². The van der Waals surface area contributed by atoms with Gasteiger partial charge in [0.1, 0.15) is 0 Å². The fourth-order valence-corrected chi connectivity index (χ4v) is 8.86. The Morgan fingerprint density at radius 2 is 1.03 bits per heavy atom. The molecular weight excluding hydrogens is 625 g/mol. The minimum atomic E-state index is 0.0358. The summed E-state index contributed by atoms with van der Waals surface area (Å²) < 4.78 is 5.57. The van der Waals surface area contributed by atoms with E-state index in [4.69, 9.17) is 27.2 Å². The van der Waals surface area contributed by atoms with Gasteiger partial charge in [-0.1, -0.05) is 35.3 Å². The number of thiocarbonyl (C=S) groups is 1. The molecule has 0 aliphatic heterocycles. The average molecular weight is 659 g/mol. The molecule has 6 nitrogen and oxygen atoms in total. The van der Waals surface area contributed by atoms with Crippen LogP contribution in [0.3, 0.4) is 0 Å². The molecule has 0 bridgehead atoms. The molecule has 0 amide bonds. The van der Waals surface area contributed by atoms with E-state index in [0.29, 0.717) is 47.5 Å². The smallest absolute Gasteiger partial charge is 0.190 e. The molecule has 0 aliphatic rings. The molecule has 0 spiro atoms. The summed E-state index contributed by atoms with van der Waals surface area (Å²) in [4.78, 5) is 35.1. The zero-order valence-electron chi connectivity index (χ0n) is 19.5. The Balaban J connectivity index is 3.41. The van der Waals surface area contributed by atoms with E-state index in [1.807, 2.05) is 0 Å². The molecule has 0 saturated carbocycles. The van der Waals surface area contributed by atoms with Crippen molar-refractivity contribution in [3.8, 4) is 0 Å². The maximum atomic E-state index is 11.9. The second kappa shape index (κ2) is 28.6. The Bertz CT molecular complexity index is 535. The van der Waals surface area contributed by atoms with Gasteiger partial charge >= 0.3 is 0 Å². The summed E-state index contributed by atoms with van der Waals surface area (Å²) in [6.07, 6.45) is 2.24. The number of carbonyl (C=O) groups is 3. The molecule has 2 N–H and O–H groups in total. The predicted octanol–water partition coefficient (Wildman–Crippen LogP) is 5.15. The first-order chi connectivity index (χ1) is 17.0. The molecule has 0 unspecified atom stereocenters. The van der Waals surface area contributed by atoms with Crippen molar-refractivity contribution in [1.82, 2.24) is 0 Å². The molecule has 35 heavy (non-hydrogen) atoms. The lowest BCUT2D eigenvalue weighted by Gasteiger charge is -2.07. The number of ether oxygens (including phenoxy) is 1.